The van der Waals surface area contributed by atoms with Crippen molar-refractivity contribution in [1.82, 2.24) is 0 Å². The Morgan fingerprint density at radius 3 is 2.14 bits per heavy atom. The average molecular weight is 336 g/mol. The van der Waals surface area contributed by atoms with Gasteiger partial charge in [-0.05, 0) is 56.3 Å². The number of halogens is 2. The number of carbonyl (C=O) groups is 1. The van der Waals surface area contributed by atoms with E-state index in [1.165, 1.54) is 19.3 Å². The van der Waals surface area contributed by atoms with Crippen LogP contribution in [-0.2, 0) is 20.6 Å². The maximum absolute atomic E-state index is 13.3. The highest BCUT2D eigenvalue weighted by Crippen LogP contribution is 2.60. The fourth-order valence-corrected chi connectivity index (χ4v) is 5.57. The summed E-state index contributed by atoms with van der Waals surface area (Å²) in [6.45, 7) is -0.384. The first-order chi connectivity index (χ1) is 10.3. The first-order valence-corrected chi connectivity index (χ1v) is 9.18. The van der Waals surface area contributed by atoms with E-state index in [0.717, 1.165) is 19.3 Å². The molecule has 0 radical (unpaired) electrons. The summed E-state index contributed by atoms with van der Waals surface area (Å²) < 4.78 is 50.8. The summed E-state index contributed by atoms with van der Waals surface area (Å²) in [4.78, 5) is 12.4. The number of ether oxygens (including phenoxy) is 1. The minimum Gasteiger partial charge on any atom is -0.465 e. The molecule has 1 atom stereocenters. The molecule has 4 rings (SSSR count). The van der Waals surface area contributed by atoms with Gasteiger partial charge in [0.2, 0.25) is 0 Å². The predicted molar refractivity (Wildman–Crippen MR) is 76.8 cm³/mol. The van der Waals surface area contributed by atoms with Gasteiger partial charge in [-0.2, -0.15) is 0 Å². The molecule has 4 aliphatic rings. The van der Waals surface area contributed by atoms with E-state index in [-0.39, 0.29) is 12.6 Å². The Balaban J connectivity index is 1.53. The van der Waals surface area contributed by atoms with Gasteiger partial charge < -0.3 is 9.29 Å². The fraction of sp³-hybridized carbons (Fsp3) is 0.933. The second-order valence-electron chi connectivity index (χ2n) is 7.41. The molecule has 0 heterocycles. The first-order valence-electron chi connectivity index (χ1n) is 7.90. The standard InChI is InChI=1S/C15H22F2O4S/c16-15(17,9-22(19)20)1-2-21-13(18)14-6-10-3-11(7-14)5-12(4-10)8-14/h10-12H,1-9H2,(H,19,20). The molecule has 0 spiro atoms. The van der Waals surface area contributed by atoms with Crippen LogP contribution in [0.1, 0.15) is 44.9 Å². The van der Waals surface area contributed by atoms with Crippen LogP contribution in [0.2, 0.25) is 0 Å². The SMILES string of the molecule is O=C(OCCC(F)(F)CS(=O)O)C12CC3CC(CC(C3)C1)C2. The third-order valence-electron chi connectivity index (χ3n) is 5.51. The third-order valence-corrected chi connectivity index (χ3v) is 6.18. The minimum absolute atomic E-state index is 0.326. The molecule has 0 aromatic carbocycles. The summed E-state index contributed by atoms with van der Waals surface area (Å²) in [5, 5.41) is 0. The molecule has 22 heavy (non-hydrogen) atoms. The summed E-state index contributed by atoms with van der Waals surface area (Å²) >= 11 is -2.55. The number of carbonyl (C=O) groups excluding carboxylic acids is 1. The van der Waals surface area contributed by atoms with Gasteiger partial charge in [0.15, 0.2) is 11.1 Å². The van der Waals surface area contributed by atoms with Gasteiger partial charge in [0.25, 0.3) is 5.92 Å². The van der Waals surface area contributed by atoms with Gasteiger partial charge in [0.05, 0.1) is 12.0 Å². The first kappa shape index (κ1) is 16.3. The third kappa shape index (κ3) is 3.35. The number of alkyl halides is 2. The van der Waals surface area contributed by atoms with Crippen molar-refractivity contribution in [3.8, 4) is 0 Å². The van der Waals surface area contributed by atoms with Gasteiger partial charge in [-0.1, -0.05) is 0 Å². The number of rotatable bonds is 6. The lowest BCUT2D eigenvalue weighted by Gasteiger charge is -2.55. The number of esters is 1. The van der Waals surface area contributed by atoms with E-state index in [2.05, 4.69) is 0 Å². The van der Waals surface area contributed by atoms with Crippen molar-refractivity contribution in [3.05, 3.63) is 0 Å². The van der Waals surface area contributed by atoms with Crippen molar-refractivity contribution < 1.29 is 27.1 Å². The zero-order valence-corrected chi connectivity index (χ0v) is 13.2. The van der Waals surface area contributed by atoms with Crippen LogP contribution in [-0.4, -0.2) is 33.0 Å². The highest BCUT2D eigenvalue weighted by atomic mass is 32.2. The van der Waals surface area contributed by atoms with Gasteiger partial charge in [0.1, 0.15) is 5.75 Å². The average Bonchev–Trinajstić information content (AvgIpc) is 2.34. The number of hydrogen-bond acceptors (Lipinski definition) is 3. The van der Waals surface area contributed by atoms with Crippen molar-refractivity contribution in [3.63, 3.8) is 0 Å². The van der Waals surface area contributed by atoms with E-state index in [1.54, 1.807) is 0 Å². The van der Waals surface area contributed by atoms with E-state index in [0.29, 0.717) is 17.8 Å². The maximum Gasteiger partial charge on any atom is 0.312 e. The van der Waals surface area contributed by atoms with Crippen LogP contribution in [0.4, 0.5) is 8.78 Å². The molecule has 0 aliphatic heterocycles. The number of hydrogen-bond donors (Lipinski definition) is 1. The molecule has 0 saturated heterocycles. The van der Waals surface area contributed by atoms with Crippen molar-refractivity contribution in [2.45, 2.75) is 50.9 Å². The lowest BCUT2D eigenvalue weighted by atomic mass is 9.49. The molecule has 0 aromatic rings. The molecular weight excluding hydrogens is 314 g/mol. The molecule has 4 nitrogen and oxygen atoms in total. The van der Waals surface area contributed by atoms with Crippen molar-refractivity contribution >= 4 is 17.0 Å². The lowest BCUT2D eigenvalue weighted by Crippen LogP contribution is -2.50. The molecule has 4 fully saturated rings. The molecule has 1 unspecified atom stereocenters. The second kappa shape index (κ2) is 5.82. The predicted octanol–water partition coefficient (Wildman–Crippen LogP) is 2.99. The van der Waals surface area contributed by atoms with Crippen molar-refractivity contribution in [1.29, 1.82) is 0 Å². The molecule has 7 heteroatoms. The molecule has 0 aromatic heterocycles. The van der Waals surface area contributed by atoms with E-state index in [4.69, 9.17) is 9.29 Å². The summed E-state index contributed by atoms with van der Waals surface area (Å²) in [6.07, 6.45) is 5.43. The Morgan fingerprint density at radius 2 is 1.68 bits per heavy atom. The van der Waals surface area contributed by atoms with Gasteiger partial charge >= 0.3 is 5.97 Å². The minimum atomic E-state index is -3.28. The molecule has 4 saturated carbocycles. The molecule has 1 N–H and O–H groups in total. The zero-order valence-electron chi connectivity index (χ0n) is 12.4. The fourth-order valence-electron chi connectivity index (χ4n) is 5.06. The summed E-state index contributed by atoms with van der Waals surface area (Å²) in [5.41, 5.74) is -0.441. The zero-order chi connectivity index (χ0) is 16.0. The molecule has 0 amide bonds. The highest BCUT2D eigenvalue weighted by molar-refractivity contribution is 7.79. The second-order valence-corrected chi connectivity index (χ2v) is 8.34. The van der Waals surface area contributed by atoms with E-state index >= 15 is 0 Å². The summed E-state index contributed by atoms with van der Waals surface area (Å²) in [6, 6.07) is 0. The topological polar surface area (TPSA) is 63.6 Å². The van der Waals surface area contributed by atoms with Crippen LogP contribution >= 0.6 is 0 Å². The van der Waals surface area contributed by atoms with Crippen LogP contribution in [0.3, 0.4) is 0 Å². The Kier molecular flexibility index (Phi) is 4.31. The summed E-state index contributed by atoms with van der Waals surface area (Å²) in [7, 11) is 0. The smallest absolute Gasteiger partial charge is 0.312 e. The van der Waals surface area contributed by atoms with Crippen molar-refractivity contribution in [2.24, 2.45) is 23.2 Å². The Morgan fingerprint density at radius 1 is 1.18 bits per heavy atom. The Bertz CT molecular complexity index is 445. The van der Waals surface area contributed by atoms with E-state index < -0.39 is 34.6 Å². The van der Waals surface area contributed by atoms with Crippen LogP contribution in [0.5, 0.6) is 0 Å². The monoisotopic (exact) mass is 336 g/mol. The molecular formula is C15H22F2O4S. The Hall–Kier alpha value is -0.560. The van der Waals surface area contributed by atoms with E-state index in [9.17, 15) is 17.8 Å². The lowest BCUT2D eigenvalue weighted by molar-refractivity contribution is -0.173. The highest BCUT2D eigenvalue weighted by Gasteiger charge is 2.55. The molecule has 4 bridgehead atoms. The Labute approximate surface area is 131 Å². The van der Waals surface area contributed by atoms with Crippen LogP contribution in [0.25, 0.3) is 0 Å². The van der Waals surface area contributed by atoms with Gasteiger partial charge in [0, 0.05) is 6.42 Å². The maximum atomic E-state index is 13.3. The molecule has 126 valence electrons. The van der Waals surface area contributed by atoms with Gasteiger partial charge in [-0.3, -0.25) is 4.79 Å². The van der Waals surface area contributed by atoms with Crippen molar-refractivity contribution in [2.75, 3.05) is 12.4 Å². The van der Waals surface area contributed by atoms with Gasteiger partial charge in [-0.15, -0.1) is 0 Å². The van der Waals surface area contributed by atoms with Crippen LogP contribution < -0.4 is 0 Å². The summed E-state index contributed by atoms with van der Waals surface area (Å²) in [5.74, 6) is -2.93. The van der Waals surface area contributed by atoms with E-state index in [1.807, 2.05) is 0 Å². The van der Waals surface area contributed by atoms with Gasteiger partial charge in [-0.25, -0.2) is 13.0 Å². The molecule has 4 aliphatic carbocycles. The normalized spacial score (nSPS) is 38.0. The quantitative estimate of drug-likeness (QED) is 0.598. The van der Waals surface area contributed by atoms with Crippen LogP contribution in [0.15, 0.2) is 0 Å². The largest absolute Gasteiger partial charge is 0.465 e. The van der Waals surface area contributed by atoms with Crippen LogP contribution in [0, 0.1) is 23.2 Å².